The van der Waals surface area contributed by atoms with Crippen molar-refractivity contribution in [3.05, 3.63) is 65.7 Å². The first-order valence-electron chi connectivity index (χ1n) is 9.33. The molecule has 0 aromatic heterocycles. The summed E-state index contributed by atoms with van der Waals surface area (Å²) in [6, 6.07) is 17.7. The molecule has 0 amide bonds. The van der Waals surface area contributed by atoms with Gasteiger partial charge in [0.15, 0.2) is 0 Å². The van der Waals surface area contributed by atoms with Crippen LogP contribution in [-0.2, 0) is 5.60 Å². The first kappa shape index (κ1) is 16.6. The van der Waals surface area contributed by atoms with Crippen LogP contribution in [0.3, 0.4) is 0 Å². The molecule has 2 unspecified atom stereocenters. The van der Waals surface area contributed by atoms with Crippen LogP contribution in [0.1, 0.15) is 36.8 Å². The number of likely N-dealkylation sites (tertiary alicyclic amines) is 1. The Morgan fingerprint density at radius 2 is 1.60 bits per heavy atom. The maximum Gasteiger partial charge on any atom is 0.115 e. The minimum atomic E-state index is -0.634. The van der Waals surface area contributed by atoms with Crippen LogP contribution < -0.4 is 0 Å². The van der Waals surface area contributed by atoms with E-state index in [0.29, 0.717) is 23.5 Å². The lowest BCUT2D eigenvalue weighted by Gasteiger charge is -2.27. The van der Waals surface area contributed by atoms with E-state index < -0.39 is 5.60 Å². The lowest BCUT2D eigenvalue weighted by Crippen LogP contribution is -2.30. The highest BCUT2D eigenvalue weighted by molar-refractivity contribution is 5.28. The number of rotatable bonds is 4. The Bertz CT molecular complexity index is 699. The van der Waals surface area contributed by atoms with Gasteiger partial charge in [-0.2, -0.15) is 0 Å². The lowest BCUT2D eigenvalue weighted by molar-refractivity contribution is 0.0312. The van der Waals surface area contributed by atoms with Gasteiger partial charge in [0.25, 0.3) is 0 Å². The van der Waals surface area contributed by atoms with Crippen LogP contribution >= 0.6 is 0 Å². The van der Waals surface area contributed by atoms with Gasteiger partial charge in [-0.25, -0.2) is 0 Å². The summed E-state index contributed by atoms with van der Waals surface area (Å²) in [6.07, 6.45) is 1.76. The smallest absolute Gasteiger partial charge is 0.115 e. The Hall–Kier alpha value is -1.84. The molecule has 3 nitrogen and oxygen atoms in total. The maximum atomic E-state index is 11.1. The van der Waals surface area contributed by atoms with Gasteiger partial charge in [0.05, 0.1) is 5.60 Å². The molecule has 1 saturated heterocycles. The Morgan fingerprint density at radius 3 is 2.20 bits per heavy atom. The highest BCUT2D eigenvalue weighted by Crippen LogP contribution is 2.49. The van der Waals surface area contributed by atoms with E-state index in [0.717, 1.165) is 38.0 Å². The average molecular weight is 337 g/mol. The summed E-state index contributed by atoms with van der Waals surface area (Å²) >= 11 is 0. The van der Waals surface area contributed by atoms with Crippen molar-refractivity contribution in [3.8, 4) is 5.75 Å². The molecule has 0 bridgehead atoms. The van der Waals surface area contributed by atoms with Gasteiger partial charge in [0.2, 0.25) is 0 Å². The zero-order chi connectivity index (χ0) is 17.4. The van der Waals surface area contributed by atoms with Gasteiger partial charge in [-0.3, -0.25) is 0 Å². The number of aromatic hydroxyl groups is 1. The second kappa shape index (κ2) is 6.47. The van der Waals surface area contributed by atoms with Crippen LogP contribution in [0, 0.1) is 11.8 Å². The lowest BCUT2D eigenvalue weighted by atomic mass is 9.90. The molecule has 2 N–H and O–H groups in total. The molecule has 1 heterocycles. The van der Waals surface area contributed by atoms with Gasteiger partial charge in [-0.15, -0.1) is 0 Å². The summed E-state index contributed by atoms with van der Waals surface area (Å²) in [5.41, 5.74) is 1.72. The Labute approximate surface area is 149 Å². The minimum Gasteiger partial charge on any atom is -0.508 e. The summed E-state index contributed by atoms with van der Waals surface area (Å²) < 4.78 is 0. The van der Waals surface area contributed by atoms with Crippen molar-refractivity contribution in [3.63, 3.8) is 0 Å². The van der Waals surface area contributed by atoms with Gasteiger partial charge >= 0.3 is 0 Å². The quantitative estimate of drug-likeness (QED) is 0.893. The van der Waals surface area contributed by atoms with Crippen molar-refractivity contribution >= 4 is 0 Å². The predicted molar refractivity (Wildman–Crippen MR) is 99.5 cm³/mol. The van der Waals surface area contributed by atoms with E-state index >= 15 is 0 Å². The summed E-state index contributed by atoms with van der Waals surface area (Å²) in [6.45, 7) is 5.47. The molecule has 132 valence electrons. The van der Waals surface area contributed by atoms with E-state index in [2.05, 4.69) is 24.0 Å². The number of hydrogen-bond donors (Lipinski definition) is 2. The molecule has 1 aliphatic carbocycles. The van der Waals surface area contributed by atoms with Crippen LogP contribution in [0.15, 0.2) is 54.6 Å². The molecular formula is C22H27NO2. The molecule has 4 rings (SSSR count). The topological polar surface area (TPSA) is 43.7 Å². The molecule has 25 heavy (non-hydrogen) atoms. The summed E-state index contributed by atoms with van der Waals surface area (Å²) in [4.78, 5) is 2.55. The number of nitrogens with zero attached hydrogens (tertiary/aromatic N) is 1. The first-order valence-corrected chi connectivity index (χ1v) is 9.33. The Morgan fingerprint density at radius 1 is 1.00 bits per heavy atom. The van der Waals surface area contributed by atoms with Gasteiger partial charge in [0, 0.05) is 19.6 Å². The molecule has 1 aliphatic heterocycles. The van der Waals surface area contributed by atoms with Gasteiger partial charge in [-0.1, -0.05) is 49.4 Å². The SMILES string of the molecule is CC(CN1C[C@@H]2CC(O)(c3ccccc3)C[C@@H]2C1)c1ccc(O)cc1. The number of benzene rings is 2. The number of aliphatic hydroxyl groups is 1. The molecule has 2 aromatic carbocycles. The van der Waals surface area contributed by atoms with Crippen molar-refractivity contribution < 1.29 is 10.2 Å². The largest absolute Gasteiger partial charge is 0.508 e. The van der Waals surface area contributed by atoms with E-state index in [1.807, 2.05) is 30.3 Å². The van der Waals surface area contributed by atoms with E-state index in [1.165, 1.54) is 5.56 Å². The monoisotopic (exact) mass is 337 g/mol. The Kier molecular flexibility index (Phi) is 4.30. The third kappa shape index (κ3) is 3.31. The number of phenolic OH excluding ortho intramolecular Hbond substituents is 1. The van der Waals surface area contributed by atoms with E-state index in [-0.39, 0.29) is 0 Å². The number of phenols is 1. The molecule has 2 aliphatic rings. The normalized spacial score (nSPS) is 30.3. The highest BCUT2D eigenvalue weighted by Gasteiger charge is 2.48. The van der Waals surface area contributed by atoms with Crippen molar-refractivity contribution in [1.82, 2.24) is 4.90 Å². The molecular weight excluding hydrogens is 310 g/mol. The molecule has 2 fully saturated rings. The molecule has 1 saturated carbocycles. The van der Waals surface area contributed by atoms with Gasteiger partial charge in [0.1, 0.15) is 5.75 Å². The summed E-state index contributed by atoms with van der Waals surface area (Å²) in [5.74, 6) is 1.97. The van der Waals surface area contributed by atoms with Gasteiger partial charge in [-0.05, 0) is 53.9 Å². The van der Waals surface area contributed by atoms with Crippen LogP contribution in [0.5, 0.6) is 5.75 Å². The second-order valence-electron chi connectivity index (χ2n) is 8.04. The standard InChI is InChI=1S/C22H27NO2/c1-16(17-7-9-21(24)10-8-17)13-23-14-18-11-22(25,12-19(18)15-23)20-5-3-2-4-6-20/h2-10,16,18-19,24-25H,11-15H2,1H3/t16?,18-,19+,22?. The number of hydrogen-bond acceptors (Lipinski definition) is 3. The first-order chi connectivity index (χ1) is 12.0. The summed E-state index contributed by atoms with van der Waals surface area (Å²) in [7, 11) is 0. The molecule has 0 radical (unpaired) electrons. The fraction of sp³-hybridized carbons (Fsp3) is 0.455. The van der Waals surface area contributed by atoms with Crippen molar-refractivity contribution in [1.29, 1.82) is 0 Å². The third-order valence-corrected chi connectivity index (χ3v) is 6.16. The molecule has 2 aromatic rings. The van der Waals surface area contributed by atoms with E-state index in [9.17, 15) is 10.2 Å². The molecule has 4 atom stereocenters. The van der Waals surface area contributed by atoms with Crippen LogP contribution in [0.25, 0.3) is 0 Å². The molecule has 0 spiro atoms. The van der Waals surface area contributed by atoms with Crippen LogP contribution in [0.2, 0.25) is 0 Å². The predicted octanol–water partition coefficient (Wildman–Crippen LogP) is 3.73. The average Bonchev–Trinajstić information content (AvgIpc) is 3.11. The van der Waals surface area contributed by atoms with E-state index in [1.54, 1.807) is 12.1 Å². The number of fused-ring (bicyclic) bond motifs is 1. The van der Waals surface area contributed by atoms with Crippen molar-refractivity contribution in [2.75, 3.05) is 19.6 Å². The maximum absolute atomic E-state index is 11.1. The second-order valence-corrected chi connectivity index (χ2v) is 8.04. The fourth-order valence-electron chi connectivity index (χ4n) is 4.88. The van der Waals surface area contributed by atoms with Gasteiger partial charge < -0.3 is 15.1 Å². The zero-order valence-electron chi connectivity index (χ0n) is 14.8. The van der Waals surface area contributed by atoms with Crippen molar-refractivity contribution in [2.24, 2.45) is 11.8 Å². The minimum absolute atomic E-state index is 0.326. The summed E-state index contributed by atoms with van der Waals surface area (Å²) in [5, 5.41) is 20.5. The zero-order valence-corrected chi connectivity index (χ0v) is 14.8. The Balaban J connectivity index is 1.37. The molecule has 3 heteroatoms. The van der Waals surface area contributed by atoms with E-state index in [4.69, 9.17) is 0 Å². The van der Waals surface area contributed by atoms with Crippen molar-refractivity contribution in [2.45, 2.75) is 31.3 Å². The fourth-order valence-corrected chi connectivity index (χ4v) is 4.88. The van der Waals surface area contributed by atoms with Crippen LogP contribution in [0.4, 0.5) is 0 Å². The van der Waals surface area contributed by atoms with Crippen LogP contribution in [-0.4, -0.2) is 34.7 Å². The highest BCUT2D eigenvalue weighted by atomic mass is 16.3. The third-order valence-electron chi connectivity index (χ3n) is 6.16.